The van der Waals surface area contributed by atoms with E-state index in [0.29, 0.717) is 18.2 Å². The average Bonchev–Trinajstić information content (AvgIpc) is 3.26. The highest BCUT2D eigenvalue weighted by molar-refractivity contribution is 5.91. The highest BCUT2D eigenvalue weighted by atomic mass is 35.5. The second kappa shape index (κ2) is 8.54. The smallest absolute Gasteiger partial charge is 0.273 e. The number of non-ortho nitro benzene ring substituents is 1. The van der Waals surface area contributed by atoms with E-state index in [1.165, 1.54) is 23.0 Å². The highest BCUT2D eigenvalue weighted by Gasteiger charge is 2.16. The minimum Gasteiger partial charge on any atom is -0.351 e. The van der Waals surface area contributed by atoms with Crippen molar-refractivity contribution in [3.8, 4) is 5.69 Å². The van der Waals surface area contributed by atoms with Crippen LogP contribution in [0.1, 0.15) is 23.3 Å². The van der Waals surface area contributed by atoms with Crippen molar-refractivity contribution in [2.75, 3.05) is 19.6 Å². The van der Waals surface area contributed by atoms with Crippen LogP contribution in [0.15, 0.2) is 30.5 Å². The molecule has 0 aliphatic carbocycles. The molecule has 1 aromatic heterocycles. The Morgan fingerprint density at radius 3 is 3.04 bits per heavy atom. The summed E-state index contributed by atoms with van der Waals surface area (Å²) in [4.78, 5) is 22.4. The Hall–Kier alpha value is -2.52. The number of nitro benzene ring substituents is 1. The molecule has 2 aromatic rings. The Morgan fingerprint density at radius 2 is 2.32 bits per heavy atom. The molecule has 1 saturated heterocycles. The van der Waals surface area contributed by atoms with Gasteiger partial charge in [0.2, 0.25) is 0 Å². The van der Waals surface area contributed by atoms with Crippen LogP contribution in [0.2, 0.25) is 0 Å². The van der Waals surface area contributed by atoms with Gasteiger partial charge in [-0.15, -0.1) is 17.5 Å². The standard InChI is InChI=1S/C15H18N6O3.ClH/c22-15(17-7-5-11-4-6-16-9-11)14-10-20(19-18-14)12-2-1-3-13(8-12)21(23)24;/h1-3,8,10-11,16H,4-7,9H2,(H,17,22);1H. The van der Waals surface area contributed by atoms with Gasteiger partial charge in [0.05, 0.1) is 16.8 Å². The van der Waals surface area contributed by atoms with E-state index in [1.807, 2.05) is 0 Å². The summed E-state index contributed by atoms with van der Waals surface area (Å²) < 4.78 is 1.35. The van der Waals surface area contributed by atoms with Crippen LogP contribution in [0.4, 0.5) is 5.69 Å². The Morgan fingerprint density at radius 1 is 1.48 bits per heavy atom. The predicted molar refractivity (Wildman–Crippen MR) is 93.2 cm³/mol. The van der Waals surface area contributed by atoms with E-state index in [4.69, 9.17) is 0 Å². The maximum Gasteiger partial charge on any atom is 0.273 e. The number of aromatic nitrogens is 3. The van der Waals surface area contributed by atoms with Crippen LogP contribution in [0.3, 0.4) is 0 Å². The maximum atomic E-state index is 12.1. The molecule has 1 atom stereocenters. The largest absolute Gasteiger partial charge is 0.351 e. The lowest BCUT2D eigenvalue weighted by atomic mass is 10.1. The third kappa shape index (κ3) is 4.74. The first-order chi connectivity index (χ1) is 11.6. The van der Waals surface area contributed by atoms with Gasteiger partial charge in [-0.25, -0.2) is 4.68 Å². The molecule has 1 amide bonds. The lowest BCUT2D eigenvalue weighted by Gasteiger charge is -2.08. The van der Waals surface area contributed by atoms with Gasteiger partial charge in [-0.05, 0) is 37.9 Å². The van der Waals surface area contributed by atoms with Crippen molar-refractivity contribution in [3.05, 3.63) is 46.3 Å². The fourth-order valence-corrected chi connectivity index (χ4v) is 2.68. The number of hydrogen-bond donors (Lipinski definition) is 2. The molecular formula is C15H19ClN6O3. The molecule has 2 heterocycles. The number of carbonyl (C=O) groups excluding carboxylic acids is 1. The van der Waals surface area contributed by atoms with Crippen LogP contribution in [-0.4, -0.2) is 45.5 Å². The van der Waals surface area contributed by atoms with Gasteiger partial charge in [0.1, 0.15) is 0 Å². The summed E-state index contributed by atoms with van der Waals surface area (Å²) in [6, 6.07) is 6.00. The summed E-state index contributed by atoms with van der Waals surface area (Å²) >= 11 is 0. The second-order valence-corrected chi connectivity index (χ2v) is 5.73. The zero-order valence-electron chi connectivity index (χ0n) is 13.4. The van der Waals surface area contributed by atoms with Crippen molar-refractivity contribution in [2.45, 2.75) is 12.8 Å². The molecule has 2 N–H and O–H groups in total. The van der Waals surface area contributed by atoms with Crippen LogP contribution < -0.4 is 10.6 Å². The quantitative estimate of drug-likeness (QED) is 0.588. The van der Waals surface area contributed by atoms with Crippen molar-refractivity contribution < 1.29 is 9.72 Å². The monoisotopic (exact) mass is 366 g/mol. The molecule has 0 saturated carbocycles. The van der Waals surface area contributed by atoms with Crippen molar-refractivity contribution in [1.29, 1.82) is 0 Å². The van der Waals surface area contributed by atoms with Crippen LogP contribution in [0.25, 0.3) is 5.69 Å². The minimum atomic E-state index is -0.480. The number of carbonyl (C=O) groups is 1. The SMILES string of the molecule is Cl.O=C(NCCC1CCNC1)c1cn(-c2cccc([N+](=O)[O-])c2)nn1. The molecule has 0 radical (unpaired) electrons. The third-order valence-electron chi connectivity index (χ3n) is 4.03. The summed E-state index contributed by atoms with van der Waals surface area (Å²) in [6.07, 6.45) is 3.53. The van der Waals surface area contributed by atoms with E-state index in [0.717, 1.165) is 25.9 Å². The Kier molecular flexibility index (Phi) is 6.43. The zero-order valence-corrected chi connectivity index (χ0v) is 14.2. The van der Waals surface area contributed by atoms with Crippen molar-refractivity contribution in [3.63, 3.8) is 0 Å². The first kappa shape index (κ1) is 18.8. The minimum absolute atomic E-state index is 0. The molecule has 1 aromatic carbocycles. The van der Waals surface area contributed by atoms with Gasteiger partial charge >= 0.3 is 0 Å². The number of nitro groups is 1. The second-order valence-electron chi connectivity index (χ2n) is 5.73. The van der Waals surface area contributed by atoms with Crippen LogP contribution in [0, 0.1) is 16.0 Å². The van der Waals surface area contributed by atoms with Crippen LogP contribution in [0.5, 0.6) is 0 Å². The average molecular weight is 367 g/mol. The number of halogens is 1. The third-order valence-corrected chi connectivity index (χ3v) is 4.03. The first-order valence-corrected chi connectivity index (χ1v) is 7.79. The molecule has 134 valence electrons. The predicted octanol–water partition coefficient (Wildman–Crippen LogP) is 1.33. The molecule has 9 nitrogen and oxygen atoms in total. The molecule has 0 bridgehead atoms. The van der Waals surface area contributed by atoms with E-state index in [1.54, 1.807) is 12.1 Å². The summed E-state index contributed by atoms with van der Waals surface area (Å²) in [5.74, 6) is 0.309. The van der Waals surface area contributed by atoms with E-state index in [-0.39, 0.29) is 29.7 Å². The molecule has 1 aliphatic heterocycles. The van der Waals surface area contributed by atoms with E-state index < -0.39 is 4.92 Å². The number of benzene rings is 1. The van der Waals surface area contributed by atoms with Gasteiger partial charge in [-0.2, -0.15) is 0 Å². The van der Waals surface area contributed by atoms with Crippen molar-refractivity contribution in [2.24, 2.45) is 5.92 Å². The summed E-state index contributed by atoms with van der Waals surface area (Å²) in [5, 5.41) is 24.6. The van der Waals surface area contributed by atoms with Gasteiger partial charge in [0, 0.05) is 18.7 Å². The highest BCUT2D eigenvalue weighted by Crippen LogP contribution is 2.16. The number of rotatable bonds is 6. The zero-order chi connectivity index (χ0) is 16.9. The number of amides is 1. The first-order valence-electron chi connectivity index (χ1n) is 7.79. The molecule has 1 unspecified atom stereocenters. The summed E-state index contributed by atoms with van der Waals surface area (Å²) in [5.41, 5.74) is 0.623. The number of nitrogens with zero attached hydrogens (tertiary/aromatic N) is 4. The molecule has 1 fully saturated rings. The fourth-order valence-electron chi connectivity index (χ4n) is 2.68. The molecule has 10 heteroatoms. The van der Waals surface area contributed by atoms with Crippen molar-refractivity contribution in [1.82, 2.24) is 25.6 Å². The van der Waals surface area contributed by atoms with Gasteiger partial charge in [-0.3, -0.25) is 14.9 Å². The topological polar surface area (TPSA) is 115 Å². The molecule has 25 heavy (non-hydrogen) atoms. The Labute approximate surface area is 150 Å². The summed E-state index contributed by atoms with van der Waals surface area (Å²) in [7, 11) is 0. The van der Waals surface area contributed by atoms with E-state index in [2.05, 4.69) is 20.9 Å². The van der Waals surface area contributed by atoms with Gasteiger partial charge < -0.3 is 10.6 Å². The van der Waals surface area contributed by atoms with Gasteiger partial charge in [-0.1, -0.05) is 11.3 Å². The fraction of sp³-hybridized carbons (Fsp3) is 0.400. The molecule has 1 aliphatic rings. The number of nitrogens with one attached hydrogen (secondary N) is 2. The summed E-state index contributed by atoms with van der Waals surface area (Å²) in [6.45, 7) is 2.63. The number of hydrogen-bond acceptors (Lipinski definition) is 6. The maximum absolute atomic E-state index is 12.1. The Bertz CT molecular complexity index is 744. The molecular weight excluding hydrogens is 348 g/mol. The van der Waals surface area contributed by atoms with E-state index >= 15 is 0 Å². The molecule has 0 spiro atoms. The van der Waals surface area contributed by atoms with Crippen LogP contribution in [-0.2, 0) is 0 Å². The van der Waals surface area contributed by atoms with Gasteiger partial charge in [0.15, 0.2) is 5.69 Å². The van der Waals surface area contributed by atoms with Gasteiger partial charge in [0.25, 0.3) is 11.6 Å². The van der Waals surface area contributed by atoms with E-state index in [9.17, 15) is 14.9 Å². The van der Waals surface area contributed by atoms with Crippen molar-refractivity contribution >= 4 is 24.0 Å². The normalized spacial score (nSPS) is 16.2. The molecule has 3 rings (SSSR count). The lowest BCUT2D eigenvalue weighted by Crippen LogP contribution is -2.26. The Balaban J connectivity index is 0.00000225. The lowest BCUT2D eigenvalue weighted by molar-refractivity contribution is -0.384. The van der Waals surface area contributed by atoms with Crippen LogP contribution >= 0.6 is 12.4 Å².